The first-order chi connectivity index (χ1) is 8.99. The van der Waals surface area contributed by atoms with E-state index in [1.54, 1.807) is 6.07 Å². The number of hydrogen-bond donors (Lipinski definition) is 2. The van der Waals surface area contributed by atoms with Crippen LogP contribution in [0.15, 0.2) is 18.2 Å². The molecule has 0 radical (unpaired) electrons. The number of hydrogen-bond acceptors (Lipinski definition) is 3. The number of ether oxygens (including phenoxy) is 1. The molecule has 108 valence electrons. The first kappa shape index (κ1) is 15.9. The van der Waals surface area contributed by atoms with Crippen molar-refractivity contribution in [2.24, 2.45) is 5.92 Å². The average molecular weight is 269 g/mol. The van der Waals surface area contributed by atoms with Crippen molar-refractivity contribution in [3.05, 3.63) is 29.6 Å². The molecule has 3 nitrogen and oxygen atoms in total. The highest BCUT2D eigenvalue weighted by molar-refractivity contribution is 5.30. The standard InChI is InChI=1S/C15H24FNO2/c1-5-10(2)14(18)9-17-11(3)12-6-7-15(19-4)13(16)8-12/h6-8,10-11,14,17-18H,5,9H2,1-4H3. The Labute approximate surface area is 114 Å². The quantitative estimate of drug-likeness (QED) is 0.799. The van der Waals surface area contributed by atoms with E-state index in [-0.39, 0.29) is 29.6 Å². The van der Waals surface area contributed by atoms with Crippen molar-refractivity contribution in [1.29, 1.82) is 0 Å². The van der Waals surface area contributed by atoms with Gasteiger partial charge in [0.1, 0.15) is 0 Å². The van der Waals surface area contributed by atoms with Gasteiger partial charge in [-0.3, -0.25) is 0 Å². The fourth-order valence-corrected chi connectivity index (χ4v) is 1.84. The summed E-state index contributed by atoms with van der Waals surface area (Å²) in [7, 11) is 1.45. The normalized spacial score (nSPS) is 15.9. The van der Waals surface area contributed by atoms with Crippen molar-refractivity contribution >= 4 is 0 Å². The van der Waals surface area contributed by atoms with Gasteiger partial charge in [0, 0.05) is 12.6 Å². The van der Waals surface area contributed by atoms with Gasteiger partial charge in [-0.15, -0.1) is 0 Å². The van der Waals surface area contributed by atoms with E-state index in [0.29, 0.717) is 6.54 Å². The van der Waals surface area contributed by atoms with Crippen LogP contribution in [0.2, 0.25) is 0 Å². The zero-order valence-electron chi connectivity index (χ0n) is 12.1. The molecule has 0 aromatic heterocycles. The molecule has 1 aromatic rings. The molecule has 3 atom stereocenters. The average Bonchev–Trinajstić information content (AvgIpc) is 2.43. The first-order valence-corrected chi connectivity index (χ1v) is 6.74. The van der Waals surface area contributed by atoms with Crippen molar-refractivity contribution in [3.63, 3.8) is 0 Å². The van der Waals surface area contributed by atoms with Crippen LogP contribution < -0.4 is 10.1 Å². The maximum Gasteiger partial charge on any atom is 0.165 e. The lowest BCUT2D eigenvalue weighted by atomic mass is 10.0. The highest BCUT2D eigenvalue weighted by Gasteiger charge is 2.14. The number of aliphatic hydroxyl groups is 1. The van der Waals surface area contributed by atoms with Gasteiger partial charge in [0.2, 0.25) is 0 Å². The summed E-state index contributed by atoms with van der Waals surface area (Å²) in [5.74, 6) is 0.138. The van der Waals surface area contributed by atoms with Gasteiger partial charge in [-0.1, -0.05) is 26.3 Å². The topological polar surface area (TPSA) is 41.5 Å². The summed E-state index contributed by atoms with van der Waals surface area (Å²) in [6.07, 6.45) is 0.560. The summed E-state index contributed by atoms with van der Waals surface area (Å²) in [6.45, 7) is 6.52. The molecule has 0 amide bonds. The Morgan fingerprint density at radius 1 is 1.37 bits per heavy atom. The Morgan fingerprint density at radius 3 is 2.58 bits per heavy atom. The lowest BCUT2D eigenvalue weighted by Gasteiger charge is -2.21. The van der Waals surface area contributed by atoms with Crippen molar-refractivity contribution in [3.8, 4) is 5.75 Å². The van der Waals surface area contributed by atoms with Crippen LogP contribution in [0.3, 0.4) is 0 Å². The number of rotatable bonds is 7. The molecule has 0 fully saturated rings. The molecule has 0 aliphatic rings. The Bertz CT molecular complexity index is 398. The summed E-state index contributed by atoms with van der Waals surface area (Å²) in [5, 5.41) is 13.1. The second-order valence-corrected chi connectivity index (χ2v) is 4.98. The minimum atomic E-state index is -0.379. The molecule has 0 bridgehead atoms. The second kappa shape index (κ2) is 7.46. The second-order valence-electron chi connectivity index (χ2n) is 4.98. The van der Waals surface area contributed by atoms with E-state index in [4.69, 9.17) is 4.74 Å². The zero-order chi connectivity index (χ0) is 14.4. The molecule has 3 unspecified atom stereocenters. The minimum Gasteiger partial charge on any atom is -0.494 e. The van der Waals surface area contributed by atoms with Crippen LogP contribution in [-0.2, 0) is 0 Å². The largest absolute Gasteiger partial charge is 0.494 e. The fourth-order valence-electron chi connectivity index (χ4n) is 1.84. The predicted octanol–water partition coefficient (Wildman–Crippen LogP) is 2.89. The third-order valence-corrected chi connectivity index (χ3v) is 3.61. The molecular formula is C15H24FNO2. The molecule has 1 rings (SSSR count). The third-order valence-electron chi connectivity index (χ3n) is 3.61. The van der Waals surface area contributed by atoms with Gasteiger partial charge in [-0.05, 0) is 30.5 Å². The van der Waals surface area contributed by atoms with E-state index in [9.17, 15) is 9.50 Å². The highest BCUT2D eigenvalue weighted by Crippen LogP contribution is 2.21. The molecule has 0 aliphatic heterocycles. The fraction of sp³-hybridized carbons (Fsp3) is 0.600. The molecule has 0 spiro atoms. The van der Waals surface area contributed by atoms with Gasteiger partial charge in [0.05, 0.1) is 13.2 Å². The van der Waals surface area contributed by atoms with E-state index < -0.39 is 0 Å². The number of methoxy groups -OCH3 is 1. The summed E-state index contributed by atoms with van der Waals surface area (Å²) >= 11 is 0. The third kappa shape index (κ3) is 4.48. The van der Waals surface area contributed by atoms with Crippen LogP contribution >= 0.6 is 0 Å². The molecule has 19 heavy (non-hydrogen) atoms. The van der Waals surface area contributed by atoms with Crippen molar-refractivity contribution < 1.29 is 14.2 Å². The SMILES string of the molecule is CCC(C)C(O)CNC(C)c1ccc(OC)c(F)c1. The Morgan fingerprint density at radius 2 is 2.05 bits per heavy atom. The van der Waals surface area contributed by atoms with Gasteiger partial charge >= 0.3 is 0 Å². The molecular weight excluding hydrogens is 245 g/mol. The van der Waals surface area contributed by atoms with Crippen LogP contribution in [0.25, 0.3) is 0 Å². The highest BCUT2D eigenvalue weighted by atomic mass is 19.1. The van der Waals surface area contributed by atoms with E-state index in [2.05, 4.69) is 12.2 Å². The van der Waals surface area contributed by atoms with Crippen LogP contribution in [-0.4, -0.2) is 24.9 Å². The van der Waals surface area contributed by atoms with E-state index >= 15 is 0 Å². The molecule has 0 aliphatic carbocycles. The summed E-state index contributed by atoms with van der Waals surface area (Å²) in [4.78, 5) is 0. The number of aliphatic hydroxyl groups excluding tert-OH is 1. The maximum atomic E-state index is 13.6. The number of halogens is 1. The van der Waals surface area contributed by atoms with Gasteiger partial charge in [0.15, 0.2) is 11.6 Å². The lowest BCUT2D eigenvalue weighted by Crippen LogP contribution is -2.33. The van der Waals surface area contributed by atoms with Crippen LogP contribution in [0.5, 0.6) is 5.75 Å². The summed E-state index contributed by atoms with van der Waals surface area (Å²) < 4.78 is 18.5. The van der Waals surface area contributed by atoms with Crippen molar-refractivity contribution in [1.82, 2.24) is 5.32 Å². The molecule has 2 N–H and O–H groups in total. The van der Waals surface area contributed by atoms with E-state index in [0.717, 1.165) is 12.0 Å². The summed E-state index contributed by atoms with van der Waals surface area (Å²) in [6, 6.07) is 4.90. The monoisotopic (exact) mass is 269 g/mol. The van der Waals surface area contributed by atoms with E-state index in [1.165, 1.54) is 13.2 Å². The van der Waals surface area contributed by atoms with Crippen molar-refractivity contribution in [2.75, 3.05) is 13.7 Å². The van der Waals surface area contributed by atoms with Gasteiger partial charge in [-0.25, -0.2) is 4.39 Å². The molecule has 4 heteroatoms. The molecule has 0 heterocycles. The number of benzene rings is 1. The Balaban J connectivity index is 2.58. The maximum absolute atomic E-state index is 13.6. The van der Waals surface area contributed by atoms with Gasteiger partial charge < -0.3 is 15.2 Å². The van der Waals surface area contributed by atoms with Crippen LogP contribution in [0, 0.1) is 11.7 Å². The molecule has 0 saturated heterocycles. The van der Waals surface area contributed by atoms with E-state index in [1.807, 2.05) is 19.9 Å². The van der Waals surface area contributed by atoms with Crippen molar-refractivity contribution in [2.45, 2.75) is 39.3 Å². The van der Waals surface area contributed by atoms with Gasteiger partial charge in [-0.2, -0.15) is 0 Å². The van der Waals surface area contributed by atoms with Crippen LogP contribution in [0.4, 0.5) is 4.39 Å². The first-order valence-electron chi connectivity index (χ1n) is 6.74. The summed E-state index contributed by atoms with van der Waals surface area (Å²) in [5.41, 5.74) is 0.842. The van der Waals surface area contributed by atoms with Gasteiger partial charge in [0.25, 0.3) is 0 Å². The number of nitrogens with one attached hydrogen (secondary N) is 1. The van der Waals surface area contributed by atoms with Crippen LogP contribution in [0.1, 0.15) is 38.8 Å². The predicted molar refractivity (Wildman–Crippen MR) is 74.8 cm³/mol. The molecule has 1 aromatic carbocycles. The minimum absolute atomic E-state index is 0.0147. The lowest BCUT2D eigenvalue weighted by molar-refractivity contribution is 0.110. The Kier molecular flexibility index (Phi) is 6.25. The molecule has 0 saturated carbocycles. The zero-order valence-corrected chi connectivity index (χ0v) is 12.1. The Hall–Kier alpha value is -1.13. The smallest absolute Gasteiger partial charge is 0.165 e.